The summed E-state index contributed by atoms with van der Waals surface area (Å²) >= 11 is 0. The van der Waals surface area contributed by atoms with Crippen LogP contribution in [-0.2, 0) is 0 Å². The Labute approximate surface area is 200 Å². The Morgan fingerprint density at radius 1 is 0.939 bits per heavy atom. The van der Waals surface area contributed by atoms with Gasteiger partial charge in [-0.05, 0) is 43.2 Å². The van der Waals surface area contributed by atoms with Gasteiger partial charge in [0.25, 0.3) is 0 Å². The van der Waals surface area contributed by atoms with E-state index in [1.54, 1.807) is 0 Å². The van der Waals surface area contributed by atoms with Crippen LogP contribution >= 0.6 is 0 Å². The molecule has 2 aromatic rings. The van der Waals surface area contributed by atoms with Gasteiger partial charge in [-0.25, -0.2) is 4.39 Å². The van der Waals surface area contributed by atoms with Crippen LogP contribution in [-0.4, -0.2) is 11.8 Å². The van der Waals surface area contributed by atoms with Crippen LogP contribution in [0.15, 0.2) is 90.7 Å². The van der Waals surface area contributed by atoms with Gasteiger partial charge in [-0.2, -0.15) is 0 Å². The van der Waals surface area contributed by atoms with Gasteiger partial charge < -0.3 is 9.80 Å². The van der Waals surface area contributed by atoms with Gasteiger partial charge in [-0.1, -0.05) is 96.2 Å². The van der Waals surface area contributed by atoms with Crippen LogP contribution in [0.4, 0.5) is 21.5 Å². The quantitative estimate of drug-likeness (QED) is 0.435. The molecule has 1 saturated heterocycles. The van der Waals surface area contributed by atoms with Crippen LogP contribution < -0.4 is 9.80 Å². The van der Waals surface area contributed by atoms with Gasteiger partial charge in [0.15, 0.2) is 0 Å². The van der Waals surface area contributed by atoms with Crippen molar-refractivity contribution in [3.8, 4) is 0 Å². The standard InChI is InChI=1S/C26H27FN2.2C2H6/c1-3-4-18-26(27)19(2)25-28(20-12-6-5-7-13-20)23-16-10-11-17-24(23)29(25)22-15-9-8-14-21(22)26;2*1-2/h4-13,15-19,21,25H,3,14H2,1-2H3;2*1-2H3. The zero-order chi connectivity index (χ0) is 24.0. The molecule has 2 aromatic carbocycles. The third-order valence-electron chi connectivity index (χ3n) is 6.66. The normalized spacial score (nSPS) is 26.9. The van der Waals surface area contributed by atoms with Crippen LogP contribution in [0.5, 0.6) is 0 Å². The smallest absolute Gasteiger partial charge is 0.144 e. The fourth-order valence-electron chi connectivity index (χ4n) is 5.28. The highest BCUT2D eigenvalue weighted by Gasteiger charge is 2.58. The second-order valence-electron chi connectivity index (χ2n) is 8.21. The number of fused-ring (bicyclic) bond motifs is 5. The molecule has 0 amide bonds. The molecule has 0 aromatic heterocycles. The highest BCUT2D eigenvalue weighted by molar-refractivity contribution is 5.86. The number of allylic oxidation sites excluding steroid dienone is 6. The Morgan fingerprint density at radius 3 is 2.18 bits per heavy atom. The molecule has 2 heterocycles. The molecular formula is C30H39FN2. The van der Waals surface area contributed by atoms with E-state index in [0.717, 1.165) is 29.9 Å². The van der Waals surface area contributed by atoms with Gasteiger partial charge in [0.1, 0.15) is 11.8 Å². The van der Waals surface area contributed by atoms with Gasteiger partial charge in [0.2, 0.25) is 0 Å². The first-order valence-electron chi connectivity index (χ1n) is 12.6. The van der Waals surface area contributed by atoms with E-state index < -0.39 is 5.67 Å². The van der Waals surface area contributed by atoms with Crippen LogP contribution in [0.2, 0.25) is 0 Å². The van der Waals surface area contributed by atoms with E-state index in [1.807, 2.05) is 45.9 Å². The average Bonchev–Trinajstić information content (AvgIpc) is 3.24. The molecule has 1 aliphatic carbocycles. The summed E-state index contributed by atoms with van der Waals surface area (Å²) < 4.78 is 16.8. The topological polar surface area (TPSA) is 6.48 Å². The van der Waals surface area contributed by atoms with Crippen molar-refractivity contribution in [1.29, 1.82) is 0 Å². The summed E-state index contributed by atoms with van der Waals surface area (Å²) in [6.07, 6.45) is 11.6. The number of hydrogen-bond acceptors (Lipinski definition) is 2. The van der Waals surface area contributed by atoms with Crippen LogP contribution in [0.3, 0.4) is 0 Å². The second kappa shape index (κ2) is 10.9. The molecule has 2 nitrogen and oxygen atoms in total. The van der Waals surface area contributed by atoms with Crippen molar-refractivity contribution in [2.24, 2.45) is 11.8 Å². The maximum atomic E-state index is 16.8. The lowest BCUT2D eigenvalue weighted by molar-refractivity contribution is 0.0553. The Morgan fingerprint density at radius 2 is 1.55 bits per heavy atom. The molecule has 3 heteroatoms. The molecule has 0 radical (unpaired) electrons. The third-order valence-corrected chi connectivity index (χ3v) is 6.66. The summed E-state index contributed by atoms with van der Waals surface area (Å²) in [6.45, 7) is 12.1. The molecule has 4 unspecified atom stereocenters. The number of para-hydroxylation sites is 3. The van der Waals surface area contributed by atoms with Gasteiger partial charge >= 0.3 is 0 Å². The van der Waals surface area contributed by atoms with Crippen molar-refractivity contribution in [2.75, 3.05) is 9.80 Å². The van der Waals surface area contributed by atoms with Gasteiger partial charge in [0.05, 0.1) is 11.4 Å². The van der Waals surface area contributed by atoms with Crippen molar-refractivity contribution in [3.63, 3.8) is 0 Å². The molecule has 0 bridgehead atoms. The number of piperidine rings is 1. The lowest BCUT2D eigenvalue weighted by atomic mass is 9.69. The maximum absolute atomic E-state index is 16.8. The summed E-state index contributed by atoms with van der Waals surface area (Å²) in [4.78, 5) is 4.71. The SMILES string of the molecule is CC.CC.CCC=CC1(F)C2CC=CC=C2N2c3ccccc3N(c3ccccc3)C2C1C. The fraction of sp³-hybridized carbons (Fsp3) is 0.400. The van der Waals surface area contributed by atoms with Crippen molar-refractivity contribution in [1.82, 2.24) is 0 Å². The van der Waals surface area contributed by atoms with Crippen molar-refractivity contribution < 1.29 is 4.39 Å². The molecule has 4 atom stereocenters. The number of alkyl halides is 1. The monoisotopic (exact) mass is 446 g/mol. The number of benzene rings is 2. The van der Waals surface area contributed by atoms with Crippen LogP contribution in [0.1, 0.15) is 54.4 Å². The lowest BCUT2D eigenvalue weighted by Crippen LogP contribution is -2.61. The van der Waals surface area contributed by atoms with Gasteiger partial charge in [-0.3, -0.25) is 0 Å². The lowest BCUT2D eigenvalue weighted by Gasteiger charge is -2.53. The molecular weight excluding hydrogens is 407 g/mol. The van der Waals surface area contributed by atoms with E-state index in [1.165, 1.54) is 5.69 Å². The van der Waals surface area contributed by atoms with Crippen LogP contribution in [0.25, 0.3) is 0 Å². The molecule has 176 valence electrons. The first-order chi connectivity index (χ1) is 16.2. The Bertz CT molecular complexity index is 993. The predicted octanol–water partition coefficient (Wildman–Crippen LogP) is 8.81. The summed E-state index contributed by atoms with van der Waals surface area (Å²) in [6, 6.07) is 18.9. The van der Waals surface area contributed by atoms with Gasteiger partial charge in [-0.15, -0.1) is 0 Å². The molecule has 33 heavy (non-hydrogen) atoms. The number of rotatable bonds is 3. The first-order valence-corrected chi connectivity index (χ1v) is 12.6. The highest BCUT2D eigenvalue weighted by Crippen LogP contribution is 2.57. The number of halogens is 1. The van der Waals surface area contributed by atoms with Crippen LogP contribution in [0, 0.1) is 11.8 Å². The molecule has 2 aliphatic heterocycles. The summed E-state index contributed by atoms with van der Waals surface area (Å²) in [5, 5.41) is 0. The number of anilines is 3. The van der Waals surface area contributed by atoms with E-state index in [-0.39, 0.29) is 18.0 Å². The number of hydrogen-bond donors (Lipinski definition) is 0. The average molecular weight is 447 g/mol. The van der Waals surface area contributed by atoms with E-state index in [2.05, 4.69) is 90.4 Å². The largest absolute Gasteiger partial charge is 0.321 e. The zero-order valence-electron chi connectivity index (χ0n) is 21.0. The highest BCUT2D eigenvalue weighted by atomic mass is 19.1. The minimum Gasteiger partial charge on any atom is -0.321 e. The molecule has 0 spiro atoms. The Kier molecular flexibility index (Phi) is 8.18. The van der Waals surface area contributed by atoms with E-state index in [4.69, 9.17) is 0 Å². The number of nitrogens with zero attached hydrogens (tertiary/aromatic N) is 2. The fourth-order valence-corrected chi connectivity index (χ4v) is 5.28. The summed E-state index contributed by atoms with van der Waals surface area (Å²) in [5.74, 6) is -0.364. The van der Waals surface area contributed by atoms with Gasteiger partial charge in [0, 0.05) is 23.2 Å². The maximum Gasteiger partial charge on any atom is 0.144 e. The predicted molar refractivity (Wildman–Crippen MR) is 142 cm³/mol. The summed E-state index contributed by atoms with van der Waals surface area (Å²) in [5.41, 5.74) is 3.12. The van der Waals surface area contributed by atoms with E-state index in [9.17, 15) is 0 Å². The van der Waals surface area contributed by atoms with Crippen molar-refractivity contribution in [2.45, 2.75) is 66.2 Å². The molecule has 5 rings (SSSR count). The summed E-state index contributed by atoms with van der Waals surface area (Å²) in [7, 11) is 0. The molecule has 0 saturated carbocycles. The van der Waals surface area contributed by atoms with E-state index in [0.29, 0.717) is 0 Å². The minimum absolute atomic E-state index is 0.102. The van der Waals surface area contributed by atoms with E-state index >= 15 is 4.39 Å². The third kappa shape index (κ3) is 4.14. The first kappa shape index (κ1) is 24.8. The zero-order valence-corrected chi connectivity index (χ0v) is 21.0. The Balaban J connectivity index is 0.000000728. The Hall–Kier alpha value is -2.81. The minimum atomic E-state index is -1.39. The molecule has 0 N–H and O–H groups in total. The van der Waals surface area contributed by atoms with Crippen molar-refractivity contribution in [3.05, 3.63) is 90.7 Å². The molecule has 1 fully saturated rings. The molecule has 3 aliphatic rings. The van der Waals surface area contributed by atoms with Crippen molar-refractivity contribution >= 4 is 17.1 Å². The second-order valence-corrected chi connectivity index (χ2v) is 8.21.